The normalized spacial score (nSPS) is 13.2. The molecule has 0 heterocycles. The smallest absolute Gasteiger partial charge is 0.254 e. The zero-order chi connectivity index (χ0) is 15.2. The molecule has 2 atom stereocenters. The Morgan fingerprint density at radius 2 is 1.76 bits per heavy atom. The summed E-state index contributed by atoms with van der Waals surface area (Å²) in [7, 11) is 0. The predicted octanol–water partition coefficient (Wildman–Crippen LogP) is 3.26. The fraction of sp³-hybridized carbons (Fsp3) is 0.167. The van der Waals surface area contributed by atoms with E-state index < -0.39 is 17.9 Å². The van der Waals surface area contributed by atoms with Crippen molar-refractivity contribution in [3.8, 4) is 0 Å². The summed E-state index contributed by atoms with van der Waals surface area (Å²) in [6, 6.07) is 16.8. The number of hydrogen-bond acceptors (Lipinski definition) is 2. The van der Waals surface area contributed by atoms with Crippen molar-refractivity contribution in [2.24, 2.45) is 0 Å². The molecule has 0 aromatic heterocycles. The van der Waals surface area contributed by atoms with E-state index in [0.717, 1.165) is 11.1 Å². The van der Waals surface area contributed by atoms with Crippen LogP contribution in [0.2, 0.25) is 0 Å². The summed E-state index contributed by atoms with van der Waals surface area (Å²) in [6.45, 7) is 5.72. The molecule has 0 saturated heterocycles. The average molecular weight is 281 g/mol. The number of carbonyl (C=O) groups excluding carboxylic acids is 1. The third-order valence-corrected chi connectivity index (χ3v) is 3.37. The maximum atomic E-state index is 12.1. The summed E-state index contributed by atoms with van der Waals surface area (Å²) in [5.74, 6) is -0.874. The molecule has 2 rings (SSSR count). The standard InChI is InChI=1S/C18H19NO2/c1-3-16(14-11-9-13(2)10-12-14)17(20)18(21)19-15-7-5-4-6-8-15/h3-12,16-17,20H,1H2,2H3,(H,19,21)/t16-,17+/m0/s1. The van der Waals surface area contributed by atoms with Gasteiger partial charge in [-0.3, -0.25) is 4.79 Å². The zero-order valence-corrected chi connectivity index (χ0v) is 12.0. The van der Waals surface area contributed by atoms with Crippen LogP contribution in [0.3, 0.4) is 0 Å². The molecule has 3 nitrogen and oxygen atoms in total. The van der Waals surface area contributed by atoms with E-state index in [2.05, 4.69) is 11.9 Å². The van der Waals surface area contributed by atoms with Gasteiger partial charge in [-0.05, 0) is 24.6 Å². The first kappa shape index (κ1) is 15.0. The number of nitrogens with one attached hydrogen (secondary N) is 1. The summed E-state index contributed by atoms with van der Waals surface area (Å²) < 4.78 is 0. The molecule has 0 aliphatic carbocycles. The van der Waals surface area contributed by atoms with Crippen LogP contribution in [0.4, 0.5) is 5.69 Å². The number of rotatable bonds is 5. The van der Waals surface area contributed by atoms with Gasteiger partial charge in [0.2, 0.25) is 0 Å². The molecule has 0 aliphatic heterocycles. The second-order valence-corrected chi connectivity index (χ2v) is 4.97. The van der Waals surface area contributed by atoms with Gasteiger partial charge in [0, 0.05) is 11.6 Å². The van der Waals surface area contributed by atoms with Crippen LogP contribution in [0.1, 0.15) is 17.0 Å². The molecule has 0 bridgehead atoms. The van der Waals surface area contributed by atoms with Crippen LogP contribution in [0.25, 0.3) is 0 Å². The van der Waals surface area contributed by atoms with E-state index in [4.69, 9.17) is 0 Å². The highest BCUT2D eigenvalue weighted by Crippen LogP contribution is 2.22. The van der Waals surface area contributed by atoms with Crippen LogP contribution < -0.4 is 5.32 Å². The van der Waals surface area contributed by atoms with Gasteiger partial charge < -0.3 is 10.4 Å². The third-order valence-electron chi connectivity index (χ3n) is 3.37. The van der Waals surface area contributed by atoms with Gasteiger partial charge in [0.15, 0.2) is 0 Å². The molecular formula is C18H19NO2. The molecule has 0 radical (unpaired) electrons. The van der Waals surface area contributed by atoms with Gasteiger partial charge >= 0.3 is 0 Å². The Bertz CT molecular complexity index is 605. The second-order valence-electron chi connectivity index (χ2n) is 4.97. The molecule has 0 saturated carbocycles. The first-order valence-electron chi connectivity index (χ1n) is 6.85. The van der Waals surface area contributed by atoms with Gasteiger partial charge in [-0.2, -0.15) is 0 Å². The van der Waals surface area contributed by atoms with E-state index in [0.29, 0.717) is 5.69 Å². The first-order valence-corrected chi connectivity index (χ1v) is 6.85. The van der Waals surface area contributed by atoms with Gasteiger partial charge in [0.1, 0.15) is 6.10 Å². The molecule has 2 aromatic rings. The number of amides is 1. The largest absolute Gasteiger partial charge is 0.382 e. The number of aryl methyl sites for hydroxylation is 1. The maximum Gasteiger partial charge on any atom is 0.254 e. The Labute approximate surface area is 124 Å². The van der Waals surface area contributed by atoms with E-state index in [9.17, 15) is 9.90 Å². The molecular weight excluding hydrogens is 262 g/mol. The van der Waals surface area contributed by atoms with E-state index in [1.165, 1.54) is 0 Å². The Morgan fingerprint density at radius 1 is 1.14 bits per heavy atom. The summed E-state index contributed by atoms with van der Waals surface area (Å²) in [6.07, 6.45) is 0.422. The minimum Gasteiger partial charge on any atom is -0.382 e. The highest BCUT2D eigenvalue weighted by Gasteiger charge is 2.25. The molecule has 0 unspecified atom stereocenters. The summed E-state index contributed by atoms with van der Waals surface area (Å²) in [5.41, 5.74) is 2.66. The number of anilines is 1. The predicted molar refractivity (Wildman–Crippen MR) is 85.2 cm³/mol. The van der Waals surface area contributed by atoms with Crippen LogP contribution in [-0.4, -0.2) is 17.1 Å². The molecule has 108 valence electrons. The number of aliphatic hydroxyl groups excluding tert-OH is 1. The number of aliphatic hydroxyl groups is 1. The topological polar surface area (TPSA) is 49.3 Å². The van der Waals surface area contributed by atoms with Crippen LogP contribution >= 0.6 is 0 Å². The summed E-state index contributed by atoms with van der Waals surface area (Å²) >= 11 is 0. The molecule has 0 fully saturated rings. The Morgan fingerprint density at radius 3 is 2.33 bits per heavy atom. The molecule has 21 heavy (non-hydrogen) atoms. The zero-order valence-electron chi connectivity index (χ0n) is 12.0. The van der Waals surface area contributed by atoms with Gasteiger partial charge in [-0.15, -0.1) is 6.58 Å². The van der Waals surface area contributed by atoms with Crippen LogP contribution in [0, 0.1) is 6.92 Å². The van der Waals surface area contributed by atoms with Crippen molar-refractivity contribution in [1.29, 1.82) is 0 Å². The molecule has 3 heteroatoms. The highest BCUT2D eigenvalue weighted by atomic mass is 16.3. The minimum absolute atomic E-state index is 0.436. The van der Waals surface area contributed by atoms with Gasteiger partial charge in [0.25, 0.3) is 5.91 Å². The van der Waals surface area contributed by atoms with Gasteiger partial charge in [-0.25, -0.2) is 0 Å². The fourth-order valence-electron chi connectivity index (χ4n) is 2.14. The van der Waals surface area contributed by atoms with Gasteiger partial charge in [0.05, 0.1) is 0 Å². The van der Waals surface area contributed by atoms with Crippen LogP contribution in [0.15, 0.2) is 67.3 Å². The lowest BCUT2D eigenvalue weighted by atomic mass is 9.92. The Kier molecular flexibility index (Phi) is 4.90. The van der Waals surface area contributed by atoms with E-state index in [-0.39, 0.29) is 0 Å². The van der Waals surface area contributed by atoms with Crippen molar-refractivity contribution in [3.05, 3.63) is 78.4 Å². The Hall–Kier alpha value is -2.39. The average Bonchev–Trinajstić information content (AvgIpc) is 2.50. The van der Waals surface area contributed by atoms with Crippen LogP contribution in [0.5, 0.6) is 0 Å². The second kappa shape index (κ2) is 6.86. The van der Waals surface area contributed by atoms with Crippen molar-refractivity contribution in [2.75, 3.05) is 5.32 Å². The fourth-order valence-corrected chi connectivity index (χ4v) is 2.14. The van der Waals surface area contributed by atoms with Crippen molar-refractivity contribution >= 4 is 11.6 Å². The van der Waals surface area contributed by atoms with E-state index in [1.54, 1.807) is 18.2 Å². The third kappa shape index (κ3) is 3.80. The quantitative estimate of drug-likeness (QED) is 0.826. The lowest BCUT2D eigenvalue weighted by molar-refractivity contribution is -0.124. The van der Waals surface area contributed by atoms with E-state index >= 15 is 0 Å². The van der Waals surface area contributed by atoms with Crippen molar-refractivity contribution in [2.45, 2.75) is 18.9 Å². The number of carbonyl (C=O) groups is 1. The highest BCUT2D eigenvalue weighted by molar-refractivity contribution is 5.94. The summed E-state index contributed by atoms with van der Waals surface area (Å²) in [4.78, 5) is 12.1. The van der Waals surface area contributed by atoms with Crippen LogP contribution in [-0.2, 0) is 4.79 Å². The molecule has 2 aromatic carbocycles. The monoisotopic (exact) mass is 281 g/mol. The van der Waals surface area contributed by atoms with Gasteiger partial charge in [-0.1, -0.05) is 54.1 Å². The number of para-hydroxylation sites is 1. The van der Waals surface area contributed by atoms with Crippen molar-refractivity contribution in [3.63, 3.8) is 0 Å². The lowest BCUT2D eigenvalue weighted by Crippen LogP contribution is -2.32. The lowest BCUT2D eigenvalue weighted by Gasteiger charge is -2.19. The molecule has 0 aliphatic rings. The van der Waals surface area contributed by atoms with E-state index in [1.807, 2.05) is 49.4 Å². The van der Waals surface area contributed by atoms with Crippen molar-refractivity contribution in [1.82, 2.24) is 0 Å². The SMILES string of the molecule is C=C[C@@H](c1ccc(C)cc1)[C@@H](O)C(=O)Nc1ccccc1. The Balaban J connectivity index is 2.12. The maximum absolute atomic E-state index is 12.1. The number of hydrogen-bond donors (Lipinski definition) is 2. The molecule has 2 N–H and O–H groups in total. The van der Waals surface area contributed by atoms with Crippen molar-refractivity contribution < 1.29 is 9.90 Å². The minimum atomic E-state index is -1.18. The molecule has 1 amide bonds. The molecule has 0 spiro atoms. The first-order chi connectivity index (χ1) is 10.1. The number of benzene rings is 2. The summed E-state index contributed by atoms with van der Waals surface area (Å²) in [5, 5.41) is 13.0.